The molecule has 1 N–H and O–H groups in total. The van der Waals surface area contributed by atoms with Gasteiger partial charge in [-0.3, -0.25) is 4.79 Å². The Bertz CT molecular complexity index is 1160. The van der Waals surface area contributed by atoms with Crippen LogP contribution in [0.15, 0.2) is 85.1 Å². The zero-order valence-electron chi connectivity index (χ0n) is 15.2. The number of carbonyl (C=O) groups excluding carboxylic acids is 1. The summed E-state index contributed by atoms with van der Waals surface area (Å²) < 4.78 is 1.62. The van der Waals surface area contributed by atoms with Crippen LogP contribution in [0.5, 0.6) is 0 Å². The number of para-hydroxylation sites is 1. The number of nitrogens with one attached hydrogen (secondary N) is 1. The highest BCUT2D eigenvalue weighted by Crippen LogP contribution is 2.24. The highest BCUT2D eigenvalue weighted by atomic mass is 35.5. The highest BCUT2D eigenvalue weighted by molar-refractivity contribution is 6.31. The van der Waals surface area contributed by atoms with Gasteiger partial charge in [-0.15, -0.1) is 5.10 Å². The monoisotopic (exact) mass is 401 g/mol. The number of tetrazole rings is 1. The summed E-state index contributed by atoms with van der Waals surface area (Å²) in [7, 11) is 0. The molecule has 0 atom stereocenters. The Morgan fingerprint density at radius 2 is 1.69 bits per heavy atom. The van der Waals surface area contributed by atoms with Crippen LogP contribution >= 0.6 is 11.6 Å². The van der Waals surface area contributed by atoms with Crippen molar-refractivity contribution in [1.29, 1.82) is 0 Å². The molecule has 0 spiro atoms. The van der Waals surface area contributed by atoms with Gasteiger partial charge in [0.2, 0.25) is 0 Å². The van der Waals surface area contributed by atoms with Crippen molar-refractivity contribution in [3.63, 3.8) is 0 Å². The minimum Gasteiger partial charge on any atom is -0.361 e. The van der Waals surface area contributed by atoms with Crippen LogP contribution in [0.3, 0.4) is 0 Å². The number of hydrogen-bond donors (Lipinski definition) is 1. The van der Waals surface area contributed by atoms with E-state index < -0.39 is 0 Å². The third-order valence-electron chi connectivity index (χ3n) is 4.23. The van der Waals surface area contributed by atoms with Gasteiger partial charge in [0, 0.05) is 34.1 Å². The first-order chi connectivity index (χ1) is 14.2. The Kier molecular flexibility index (Phi) is 5.45. The molecular weight excluding hydrogens is 386 g/mol. The van der Waals surface area contributed by atoms with E-state index in [1.165, 1.54) is 0 Å². The number of ketones is 1. The smallest absolute Gasteiger partial charge is 0.195 e. The van der Waals surface area contributed by atoms with Gasteiger partial charge in [0.25, 0.3) is 0 Å². The van der Waals surface area contributed by atoms with E-state index in [0.29, 0.717) is 27.7 Å². The van der Waals surface area contributed by atoms with Crippen LogP contribution in [0.4, 0.5) is 5.69 Å². The topological polar surface area (TPSA) is 72.7 Å². The third-order valence-corrected chi connectivity index (χ3v) is 4.46. The lowest BCUT2D eigenvalue weighted by Gasteiger charge is -2.09. The number of nitrogens with zero attached hydrogens (tertiary/aromatic N) is 4. The van der Waals surface area contributed by atoms with Crippen molar-refractivity contribution < 1.29 is 4.79 Å². The number of aromatic nitrogens is 4. The zero-order chi connectivity index (χ0) is 20.1. The van der Waals surface area contributed by atoms with Crippen LogP contribution in [-0.4, -0.2) is 26.0 Å². The molecule has 0 fully saturated rings. The predicted molar refractivity (Wildman–Crippen MR) is 113 cm³/mol. The van der Waals surface area contributed by atoms with Crippen LogP contribution in [0.1, 0.15) is 21.7 Å². The van der Waals surface area contributed by atoms with Gasteiger partial charge in [0.15, 0.2) is 11.6 Å². The fourth-order valence-corrected chi connectivity index (χ4v) is 3.00. The Morgan fingerprint density at radius 1 is 0.966 bits per heavy atom. The number of rotatable bonds is 6. The van der Waals surface area contributed by atoms with E-state index in [1.807, 2.05) is 48.5 Å². The first-order valence-corrected chi connectivity index (χ1v) is 9.26. The molecule has 4 aromatic rings. The van der Waals surface area contributed by atoms with Gasteiger partial charge in [0.05, 0.1) is 5.69 Å². The summed E-state index contributed by atoms with van der Waals surface area (Å²) in [4.78, 5) is 12.9. The number of carbonyl (C=O) groups is 1. The molecule has 6 nitrogen and oxygen atoms in total. The average Bonchev–Trinajstić information content (AvgIpc) is 3.24. The Labute approximate surface area is 172 Å². The maximum atomic E-state index is 12.9. The van der Waals surface area contributed by atoms with E-state index in [2.05, 4.69) is 20.8 Å². The summed E-state index contributed by atoms with van der Waals surface area (Å²) in [6.07, 6.45) is 3.43. The largest absolute Gasteiger partial charge is 0.361 e. The van der Waals surface area contributed by atoms with E-state index in [0.717, 1.165) is 5.69 Å². The Morgan fingerprint density at radius 3 is 2.45 bits per heavy atom. The summed E-state index contributed by atoms with van der Waals surface area (Å²) in [5, 5.41) is 15.4. The molecule has 29 heavy (non-hydrogen) atoms. The van der Waals surface area contributed by atoms with E-state index in [4.69, 9.17) is 11.6 Å². The maximum absolute atomic E-state index is 12.9. The van der Waals surface area contributed by atoms with Crippen LogP contribution in [-0.2, 0) is 0 Å². The molecule has 0 saturated carbocycles. The van der Waals surface area contributed by atoms with E-state index in [-0.39, 0.29) is 5.78 Å². The number of halogens is 1. The number of anilines is 1. The van der Waals surface area contributed by atoms with Crippen molar-refractivity contribution in [2.45, 2.75) is 0 Å². The van der Waals surface area contributed by atoms with Crippen molar-refractivity contribution in [1.82, 2.24) is 20.2 Å². The lowest BCUT2D eigenvalue weighted by molar-refractivity contribution is 0.103. The van der Waals surface area contributed by atoms with Gasteiger partial charge in [0.1, 0.15) is 0 Å². The molecule has 7 heteroatoms. The minimum atomic E-state index is -0.113. The van der Waals surface area contributed by atoms with Gasteiger partial charge in [-0.1, -0.05) is 60.1 Å². The zero-order valence-corrected chi connectivity index (χ0v) is 16.0. The molecule has 0 aliphatic carbocycles. The summed E-state index contributed by atoms with van der Waals surface area (Å²) >= 11 is 6.12. The molecule has 0 radical (unpaired) electrons. The van der Waals surface area contributed by atoms with Crippen molar-refractivity contribution in [3.05, 3.63) is 107 Å². The highest BCUT2D eigenvalue weighted by Gasteiger charge is 2.14. The van der Waals surface area contributed by atoms with Crippen molar-refractivity contribution in [2.75, 3.05) is 5.32 Å². The van der Waals surface area contributed by atoms with E-state index in [9.17, 15) is 4.79 Å². The molecule has 0 aliphatic rings. The summed E-state index contributed by atoms with van der Waals surface area (Å²) in [6, 6.07) is 23.8. The minimum absolute atomic E-state index is 0.113. The van der Waals surface area contributed by atoms with Crippen molar-refractivity contribution in [3.8, 4) is 5.69 Å². The third kappa shape index (κ3) is 4.23. The molecule has 142 valence electrons. The van der Waals surface area contributed by atoms with Crippen molar-refractivity contribution >= 4 is 29.1 Å². The molecule has 0 saturated heterocycles. The first kappa shape index (κ1) is 18.6. The lowest BCUT2D eigenvalue weighted by atomic mass is 10.0. The molecule has 3 aromatic carbocycles. The standard InChI is InChI=1S/C22H16ClN5O/c23-17-11-12-20(19(15-17)22(29)16-7-3-1-4-8-16)24-14-13-21-25-26-27-28(21)18-9-5-2-6-10-18/h1-15,24H. The molecule has 1 aromatic heterocycles. The maximum Gasteiger partial charge on any atom is 0.195 e. The number of benzene rings is 3. The van der Waals surface area contributed by atoms with Crippen LogP contribution < -0.4 is 5.32 Å². The van der Waals surface area contributed by atoms with Gasteiger partial charge in [-0.2, -0.15) is 4.68 Å². The van der Waals surface area contributed by atoms with Gasteiger partial charge in [-0.25, -0.2) is 0 Å². The SMILES string of the molecule is O=C(c1ccccc1)c1cc(Cl)ccc1NC=Cc1nnnn1-c1ccccc1. The molecule has 0 amide bonds. The normalized spacial score (nSPS) is 10.9. The van der Waals surface area contributed by atoms with Crippen molar-refractivity contribution in [2.24, 2.45) is 0 Å². The second-order valence-corrected chi connectivity index (χ2v) is 6.58. The second kappa shape index (κ2) is 8.50. The van der Waals surface area contributed by atoms with Gasteiger partial charge < -0.3 is 5.32 Å². The second-order valence-electron chi connectivity index (χ2n) is 6.15. The molecule has 1 heterocycles. The predicted octanol–water partition coefficient (Wildman–Crippen LogP) is 4.63. The Hall–Kier alpha value is -3.77. The summed E-state index contributed by atoms with van der Waals surface area (Å²) in [5.41, 5.74) is 2.56. The molecule has 0 bridgehead atoms. The van der Waals surface area contributed by atoms with E-state index >= 15 is 0 Å². The molecular formula is C22H16ClN5O. The van der Waals surface area contributed by atoms with Crippen LogP contribution in [0.25, 0.3) is 11.8 Å². The van der Waals surface area contributed by atoms with Gasteiger partial charge >= 0.3 is 0 Å². The van der Waals surface area contributed by atoms with Crippen LogP contribution in [0, 0.1) is 0 Å². The molecule has 0 unspecified atom stereocenters. The summed E-state index contributed by atoms with van der Waals surface area (Å²) in [5.74, 6) is 0.437. The van der Waals surface area contributed by atoms with Crippen LogP contribution in [0.2, 0.25) is 5.02 Å². The summed E-state index contributed by atoms with van der Waals surface area (Å²) in [6.45, 7) is 0. The average molecular weight is 402 g/mol. The molecule has 0 aliphatic heterocycles. The van der Waals surface area contributed by atoms with E-state index in [1.54, 1.807) is 47.3 Å². The molecule has 4 rings (SSSR count). The lowest BCUT2D eigenvalue weighted by Crippen LogP contribution is -2.05. The fourth-order valence-electron chi connectivity index (χ4n) is 2.83. The fraction of sp³-hybridized carbons (Fsp3) is 0. The Balaban J connectivity index is 1.59. The van der Waals surface area contributed by atoms with Gasteiger partial charge in [-0.05, 0) is 40.8 Å². The quantitative estimate of drug-likeness (QED) is 0.477. The number of hydrogen-bond acceptors (Lipinski definition) is 5. The first-order valence-electron chi connectivity index (χ1n) is 8.88.